The van der Waals surface area contributed by atoms with E-state index in [2.05, 4.69) is 25.1 Å². The van der Waals surface area contributed by atoms with Gasteiger partial charge in [-0.1, -0.05) is 35.5 Å². The summed E-state index contributed by atoms with van der Waals surface area (Å²) < 4.78 is 6.19. The predicted octanol–water partition coefficient (Wildman–Crippen LogP) is 3.28. The molecule has 0 aliphatic rings. The van der Waals surface area contributed by atoms with Crippen LogP contribution in [-0.4, -0.2) is 44.5 Å². The van der Waals surface area contributed by atoms with Crippen LogP contribution in [0.3, 0.4) is 0 Å². The van der Waals surface area contributed by atoms with Crippen molar-refractivity contribution in [3.05, 3.63) is 75.7 Å². The quantitative estimate of drug-likeness (QED) is 0.252. The second kappa shape index (κ2) is 9.25. The number of halogens is 1. The first-order chi connectivity index (χ1) is 15.4. The molecule has 0 radical (unpaired) electrons. The van der Waals surface area contributed by atoms with Gasteiger partial charge in [0, 0.05) is 10.7 Å². The zero-order chi connectivity index (χ0) is 22.7. The highest BCUT2D eigenvalue weighted by Crippen LogP contribution is 2.20. The van der Waals surface area contributed by atoms with Crippen LogP contribution in [0.1, 0.15) is 10.4 Å². The fourth-order valence-corrected chi connectivity index (χ4v) is 3.78. The van der Waals surface area contributed by atoms with Gasteiger partial charge in [0.15, 0.2) is 10.8 Å². The Morgan fingerprint density at radius 3 is 2.81 bits per heavy atom. The first-order valence-corrected chi connectivity index (χ1v) is 10.7. The molecule has 32 heavy (non-hydrogen) atoms. The van der Waals surface area contributed by atoms with Crippen LogP contribution >= 0.6 is 23.4 Å². The lowest BCUT2D eigenvalue weighted by Crippen LogP contribution is -2.16. The summed E-state index contributed by atoms with van der Waals surface area (Å²) in [7, 11) is 1.28. The number of methoxy groups -OCH3 is 1. The Kier molecular flexibility index (Phi) is 6.24. The molecule has 1 amide bonds. The number of H-pyrrole nitrogens is 1. The Hall–Kier alpha value is -3.63. The van der Waals surface area contributed by atoms with Crippen molar-refractivity contribution in [3.63, 3.8) is 0 Å². The molecule has 0 fully saturated rings. The molecule has 4 aromatic rings. The highest BCUT2D eigenvalue weighted by molar-refractivity contribution is 7.99. The molecule has 4 rings (SSSR count). The Balaban J connectivity index is 1.51. The number of amides is 1. The SMILES string of the molecule is COC(=O)c1cccc(NC(=O)CSc2nc3c(cnn3-c3cccc(Cl)c3)c(=O)[nH]2)c1. The van der Waals surface area contributed by atoms with Gasteiger partial charge < -0.3 is 15.0 Å². The highest BCUT2D eigenvalue weighted by Gasteiger charge is 2.14. The van der Waals surface area contributed by atoms with Crippen LogP contribution in [0.15, 0.2) is 64.7 Å². The smallest absolute Gasteiger partial charge is 0.337 e. The van der Waals surface area contributed by atoms with Gasteiger partial charge in [0.1, 0.15) is 5.39 Å². The van der Waals surface area contributed by atoms with Crippen LogP contribution in [0, 0.1) is 0 Å². The molecule has 2 aromatic heterocycles. The summed E-state index contributed by atoms with van der Waals surface area (Å²) in [4.78, 5) is 43.5. The lowest BCUT2D eigenvalue weighted by atomic mass is 10.2. The molecule has 0 bridgehead atoms. The predicted molar refractivity (Wildman–Crippen MR) is 122 cm³/mol. The zero-order valence-corrected chi connectivity index (χ0v) is 18.2. The molecule has 0 aliphatic carbocycles. The number of aromatic amines is 1. The van der Waals surface area contributed by atoms with Gasteiger partial charge in [-0.25, -0.2) is 14.5 Å². The maximum atomic E-state index is 12.4. The molecule has 2 heterocycles. The number of nitrogens with zero attached hydrogens (tertiary/aromatic N) is 3. The number of carbonyl (C=O) groups is 2. The fourth-order valence-electron chi connectivity index (χ4n) is 2.94. The lowest BCUT2D eigenvalue weighted by Gasteiger charge is -2.07. The number of esters is 1. The van der Waals surface area contributed by atoms with Crippen molar-refractivity contribution < 1.29 is 14.3 Å². The van der Waals surface area contributed by atoms with Gasteiger partial charge in [-0.3, -0.25) is 9.59 Å². The molecule has 9 nitrogen and oxygen atoms in total. The van der Waals surface area contributed by atoms with E-state index >= 15 is 0 Å². The average Bonchev–Trinajstić information content (AvgIpc) is 3.22. The summed E-state index contributed by atoms with van der Waals surface area (Å²) in [6, 6.07) is 13.4. The maximum absolute atomic E-state index is 12.4. The van der Waals surface area contributed by atoms with Crippen molar-refractivity contribution in [1.29, 1.82) is 0 Å². The van der Waals surface area contributed by atoms with E-state index in [1.54, 1.807) is 42.5 Å². The van der Waals surface area contributed by atoms with E-state index in [1.165, 1.54) is 24.1 Å². The van der Waals surface area contributed by atoms with Gasteiger partial charge in [-0.15, -0.1) is 0 Å². The van der Waals surface area contributed by atoms with E-state index in [0.717, 1.165) is 11.8 Å². The van der Waals surface area contributed by atoms with E-state index in [0.29, 0.717) is 33.0 Å². The summed E-state index contributed by atoms with van der Waals surface area (Å²) in [6.45, 7) is 0. The molecule has 0 atom stereocenters. The summed E-state index contributed by atoms with van der Waals surface area (Å²) in [5, 5.41) is 8.05. The molecule has 0 unspecified atom stereocenters. The lowest BCUT2D eigenvalue weighted by molar-refractivity contribution is -0.113. The van der Waals surface area contributed by atoms with Gasteiger partial charge in [0.2, 0.25) is 5.91 Å². The number of carbonyl (C=O) groups excluding carboxylic acids is 2. The highest BCUT2D eigenvalue weighted by atomic mass is 35.5. The number of thioether (sulfide) groups is 1. The molecule has 2 aromatic carbocycles. The Labute approximate surface area is 190 Å². The molecule has 0 saturated heterocycles. The van der Waals surface area contributed by atoms with Gasteiger partial charge in [0.05, 0.1) is 30.3 Å². The number of aromatic nitrogens is 4. The molecule has 162 valence electrons. The third kappa shape index (κ3) is 4.66. The number of anilines is 1. The third-order valence-electron chi connectivity index (χ3n) is 4.38. The number of ether oxygens (including phenoxy) is 1. The van der Waals surface area contributed by atoms with Gasteiger partial charge >= 0.3 is 5.97 Å². The number of nitrogens with one attached hydrogen (secondary N) is 2. The monoisotopic (exact) mass is 469 g/mol. The Bertz CT molecular complexity index is 1380. The minimum Gasteiger partial charge on any atom is -0.465 e. The van der Waals surface area contributed by atoms with Crippen LogP contribution in [0.5, 0.6) is 0 Å². The number of fused-ring (bicyclic) bond motifs is 1. The van der Waals surface area contributed by atoms with E-state index < -0.39 is 5.97 Å². The van der Waals surface area contributed by atoms with Crippen LogP contribution in [-0.2, 0) is 9.53 Å². The first kappa shape index (κ1) is 21.6. The van der Waals surface area contributed by atoms with Crippen LogP contribution < -0.4 is 10.9 Å². The molecular formula is C21H16ClN5O4S. The third-order valence-corrected chi connectivity index (χ3v) is 5.48. The van der Waals surface area contributed by atoms with Crippen LogP contribution in [0.4, 0.5) is 5.69 Å². The van der Waals surface area contributed by atoms with Crippen molar-refractivity contribution in [1.82, 2.24) is 19.7 Å². The van der Waals surface area contributed by atoms with Crippen LogP contribution in [0.2, 0.25) is 5.02 Å². The van der Waals surface area contributed by atoms with Gasteiger partial charge in [-0.2, -0.15) is 5.10 Å². The fraction of sp³-hybridized carbons (Fsp3) is 0.0952. The standard InChI is InChI=1S/C21H16ClN5O4S/c1-31-20(30)12-4-2-6-14(8-12)24-17(28)11-32-21-25-18-16(19(29)26-21)10-23-27(18)15-7-3-5-13(22)9-15/h2-10H,11H2,1H3,(H,24,28)(H,25,26,29). The normalized spacial score (nSPS) is 10.8. The summed E-state index contributed by atoms with van der Waals surface area (Å²) in [5.74, 6) is -0.840. The maximum Gasteiger partial charge on any atom is 0.337 e. The second-order valence-corrected chi connectivity index (χ2v) is 7.95. The topological polar surface area (TPSA) is 119 Å². The number of rotatable bonds is 6. The van der Waals surface area contributed by atoms with Crippen molar-refractivity contribution >= 4 is 52.0 Å². The number of benzene rings is 2. The Morgan fingerprint density at radius 2 is 2.03 bits per heavy atom. The summed E-state index contributed by atoms with van der Waals surface area (Å²) >= 11 is 7.12. The van der Waals surface area contributed by atoms with Gasteiger partial charge in [-0.05, 0) is 36.4 Å². The summed E-state index contributed by atoms with van der Waals surface area (Å²) in [6.07, 6.45) is 1.43. The largest absolute Gasteiger partial charge is 0.465 e. The first-order valence-electron chi connectivity index (χ1n) is 9.29. The molecule has 0 aliphatic heterocycles. The molecular weight excluding hydrogens is 454 g/mol. The molecule has 0 saturated carbocycles. The number of hydrogen-bond acceptors (Lipinski definition) is 7. The average molecular weight is 470 g/mol. The van der Waals surface area contributed by atoms with Crippen LogP contribution in [0.25, 0.3) is 16.7 Å². The molecule has 0 spiro atoms. The minimum atomic E-state index is -0.498. The molecule has 2 N–H and O–H groups in total. The van der Waals surface area contributed by atoms with Crippen molar-refractivity contribution in [2.45, 2.75) is 5.16 Å². The van der Waals surface area contributed by atoms with Gasteiger partial charge in [0.25, 0.3) is 5.56 Å². The van der Waals surface area contributed by atoms with E-state index in [9.17, 15) is 14.4 Å². The van der Waals surface area contributed by atoms with Crippen molar-refractivity contribution in [2.24, 2.45) is 0 Å². The van der Waals surface area contributed by atoms with Crippen molar-refractivity contribution in [3.8, 4) is 5.69 Å². The minimum absolute atomic E-state index is 0.0117. The molecule has 11 heteroatoms. The summed E-state index contributed by atoms with van der Waals surface area (Å²) in [5.41, 5.74) is 1.42. The van der Waals surface area contributed by atoms with E-state index in [4.69, 9.17) is 11.6 Å². The number of hydrogen-bond donors (Lipinski definition) is 2. The van der Waals surface area contributed by atoms with E-state index in [1.807, 2.05) is 0 Å². The Morgan fingerprint density at radius 1 is 1.22 bits per heavy atom. The van der Waals surface area contributed by atoms with Crippen molar-refractivity contribution in [2.75, 3.05) is 18.2 Å². The second-order valence-electron chi connectivity index (χ2n) is 6.55. The zero-order valence-electron chi connectivity index (χ0n) is 16.7. The van der Waals surface area contributed by atoms with E-state index in [-0.39, 0.29) is 22.4 Å².